The highest BCUT2D eigenvalue weighted by molar-refractivity contribution is 6.26. The SMILES string of the molecule is O=C(O)Nc1c(O)ccc2c1C(=O)N(C1CCC(=O)NC1=O)C2=O. The number of imide groups is 2. The van der Waals surface area contributed by atoms with Crippen LogP contribution in [0.25, 0.3) is 0 Å². The standard InChI is InChI=1S/C14H11N3O7/c18-7-3-1-5-9(10(7)16-14(23)24)13(22)17(12(5)21)6-2-4-8(19)15-11(6)20/h1,3,6,16,18H,2,4H2,(H,23,24)(H,15,19,20). The van der Waals surface area contributed by atoms with Gasteiger partial charge in [-0.05, 0) is 18.6 Å². The van der Waals surface area contributed by atoms with Gasteiger partial charge in [-0.25, -0.2) is 4.79 Å². The van der Waals surface area contributed by atoms with E-state index in [4.69, 9.17) is 5.11 Å². The van der Waals surface area contributed by atoms with Gasteiger partial charge >= 0.3 is 6.09 Å². The smallest absolute Gasteiger partial charge is 0.409 e. The van der Waals surface area contributed by atoms with Crippen molar-refractivity contribution in [2.24, 2.45) is 0 Å². The van der Waals surface area contributed by atoms with E-state index in [0.717, 1.165) is 6.07 Å². The van der Waals surface area contributed by atoms with Crippen LogP contribution in [0, 0.1) is 0 Å². The minimum absolute atomic E-state index is 0.0240. The van der Waals surface area contributed by atoms with Crippen LogP contribution in [-0.4, -0.2) is 50.9 Å². The normalized spacial score (nSPS) is 20.0. The number of phenols is 1. The number of nitrogens with one attached hydrogen (secondary N) is 2. The fourth-order valence-electron chi connectivity index (χ4n) is 2.78. The number of benzene rings is 1. The maximum atomic E-state index is 12.6. The number of carbonyl (C=O) groups excluding carboxylic acids is 4. The van der Waals surface area contributed by atoms with Crippen LogP contribution in [0.4, 0.5) is 10.5 Å². The number of aromatic hydroxyl groups is 1. The number of fused-ring (bicyclic) bond motifs is 1. The van der Waals surface area contributed by atoms with Crippen LogP contribution in [-0.2, 0) is 9.59 Å². The lowest BCUT2D eigenvalue weighted by atomic mass is 10.0. The summed E-state index contributed by atoms with van der Waals surface area (Å²) in [6.45, 7) is 0. The van der Waals surface area contributed by atoms with Gasteiger partial charge in [-0.15, -0.1) is 0 Å². The molecule has 2 aliphatic rings. The van der Waals surface area contributed by atoms with Crippen molar-refractivity contribution < 1.29 is 34.2 Å². The number of carbonyl (C=O) groups is 5. The summed E-state index contributed by atoms with van der Waals surface area (Å²) in [5, 5.41) is 22.5. The molecule has 124 valence electrons. The van der Waals surface area contributed by atoms with E-state index in [1.807, 2.05) is 10.6 Å². The zero-order chi connectivity index (χ0) is 17.6. The number of anilines is 1. The Morgan fingerprint density at radius 2 is 1.92 bits per heavy atom. The van der Waals surface area contributed by atoms with Crippen molar-refractivity contribution in [3.8, 4) is 5.75 Å². The molecule has 2 heterocycles. The van der Waals surface area contributed by atoms with E-state index in [-0.39, 0.29) is 24.0 Å². The third-order valence-electron chi connectivity index (χ3n) is 3.82. The summed E-state index contributed by atoms with van der Waals surface area (Å²) in [6, 6.07) is 1.07. The van der Waals surface area contributed by atoms with Crippen LogP contribution in [0.2, 0.25) is 0 Å². The Hall–Kier alpha value is -3.43. The highest BCUT2D eigenvalue weighted by Gasteiger charge is 2.46. The molecule has 0 spiro atoms. The van der Waals surface area contributed by atoms with Crippen molar-refractivity contribution in [3.63, 3.8) is 0 Å². The minimum Gasteiger partial charge on any atom is -0.506 e. The van der Waals surface area contributed by atoms with Gasteiger partial charge in [-0.1, -0.05) is 0 Å². The maximum absolute atomic E-state index is 12.6. The monoisotopic (exact) mass is 333 g/mol. The Bertz CT molecular complexity index is 817. The first-order chi connectivity index (χ1) is 11.3. The predicted molar refractivity (Wildman–Crippen MR) is 76.4 cm³/mol. The Kier molecular flexibility index (Phi) is 3.44. The van der Waals surface area contributed by atoms with E-state index in [0.29, 0.717) is 4.90 Å². The van der Waals surface area contributed by atoms with Gasteiger partial charge in [-0.3, -0.25) is 34.7 Å². The first kappa shape index (κ1) is 15.5. The molecule has 24 heavy (non-hydrogen) atoms. The van der Waals surface area contributed by atoms with Crippen molar-refractivity contribution in [1.82, 2.24) is 10.2 Å². The molecule has 0 saturated carbocycles. The lowest BCUT2D eigenvalue weighted by molar-refractivity contribution is -0.136. The largest absolute Gasteiger partial charge is 0.506 e. The molecular formula is C14H11N3O7. The second-order valence-electron chi connectivity index (χ2n) is 5.26. The molecule has 0 bridgehead atoms. The van der Waals surface area contributed by atoms with Crippen molar-refractivity contribution in [2.45, 2.75) is 18.9 Å². The summed E-state index contributed by atoms with van der Waals surface area (Å²) < 4.78 is 0. The van der Waals surface area contributed by atoms with Crippen LogP contribution < -0.4 is 10.6 Å². The number of amides is 5. The molecule has 2 aliphatic heterocycles. The average molecular weight is 333 g/mol. The van der Waals surface area contributed by atoms with E-state index >= 15 is 0 Å². The number of phenolic OH excluding ortho intramolecular Hbond substituents is 1. The third-order valence-corrected chi connectivity index (χ3v) is 3.82. The summed E-state index contributed by atoms with van der Waals surface area (Å²) in [6.07, 6.45) is -1.59. The van der Waals surface area contributed by atoms with Gasteiger partial charge in [0.25, 0.3) is 11.8 Å². The Morgan fingerprint density at radius 3 is 2.54 bits per heavy atom. The van der Waals surface area contributed by atoms with E-state index in [9.17, 15) is 29.1 Å². The second-order valence-corrected chi connectivity index (χ2v) is 5.26. The van der Waals surface area contributed by atoms with Gasteiger partial charge in [0.15, 0.2) is 0 Å². The Morgan fingerprint density at radius 1 is 1.21 bits per heavy atom. The van der Waals surface area contributed by atoms with Crippen LogP contribution in [0.5, 0.6) is 5.75 Å². The minimum atomic E-state index is -1.53. The zero-order valence-electron chi connectivity index (χ0n) is 12.0. The molecule has 1 saturated heterocycles. The highest BCUT2D eigenvalue weighted by Crippen LogP contribution is 2.37. The summed E-state index contributed by atoms with van der Waals surface area (Å²) in [5.41, 5.74) is -0.883. The summed E-state index contributed by atoms with van der Waals surface area (Å²) in [7, 11) is 0. The van der Waals surface area contributed by atoms with Gasteiger partial charge in [0.1, 0.15) is 11.8 Å². The number of hydrogen-bond donors (Lipinski definition) is 4. The van der Waals surface area contributed by atoms with Crippen LogP contribution in [0.15, 0.2) is 12.1 Å². The van der Waals surface area contributed by atoms with E-state index in [1.54, 1.807) is 0 Å². The highest BCUT2D eigenvalue weighted by atomic mass is 16.4. The average Bonchev–Trinajstić information content (AvgIpc) is 2.74. The van der Waals surface area contributed by atoms with Crippen molar-refractivity contribution >= 4 is 35.4 Å². The molecule has 1 unspecified atom stereocenters. The van der Waals surface area contributed by atoms with Gasteiger partial charge < -0.3 is 10.2 Å². The molecule has 0 aromatic heterocycles. The van der Waals surface area contributed by atoms with Crippen LogP contribution in [0.1, 0.15) is 33.6 Å². The van der Waals surface area contributed by atoms with E-state index in [1.165, 1.54) is 6.07 Å². The number of carboxylic acid groups (broad SMARTS) is 1. The Balaban J connectivity index is 2.04. The second kappa shape index (κ2) is 5.33. The molecule has 10 heteroatoms. The van der Waals surface area contributed by atoms with Gasteiger partial charge in [-0.2, -0.15) is 0 Å². The predicted octanol–water partition coefficient (Wildman–Crippen LogP) is -0.117. The summed E-state index contributed by atoms with van der Waals surface area (Å²) in [5.74, 6) is -3.51. The number of rotatable bonds is 2. The summed E-state index contributed by atoms with van der Waals surface area (Å²) in [4.78, 5) is 59.7. The number of nitrogens with zero attached hydrogens (tertiary/aromatic N) is 1. The molecule has 1 fully saturated rings. The molecule has 1 atom stereocenters. The van der Waals surface area contributed by atoms with E-state index in [2.05, 4.69) is 0 Å². The van der Waals surface area contributed by atoms with Gasteiger partial charge in [0.2, 0.25) is 11.8 Å². The topological polar surface area (TPSA) is 153 Å². The number of hydrogen-bond acceptors (Lipinski definition) is 6. The quantitative estimate of drug-likeness (QED) is 0.435. The van der Waals surface area contributed by atoms with E-state index < -0.39 is 47.2 Å². The fourth-order valence-corrected chi connectivity index (χ4v) is 2.78. The lowest BCUT2D eigenvalue weighted by Crippen LogP contribution is -2.54. The van der Waals surface area contributed by atoms with Gasteiger partial charge in [0, 0.05) is 6.42 Å². The maximum Gasteiger partial charge on any atom is 0.409 e. The molecule has 0 radical (unpaired) electrons. The molecule has 10 nitrogen and oxygen atoms in total. The van der Waals surface area contributed by atoms with Crippen LogP contribution in [0.3, 0.4) is 0 Å². The molecule has 0 aliphatic carbocycles. The molecule has 3 rings (SSSR count). The zero-order valence-corrected chi connectivity index (χ0v) is 12.0. The van der Waals surface area contributed by atoms with Crippen molar-refractivity contribution in [3.05, 3.63) is 23.3 Å². The molecule has 4 N–H and O–H groups in total. The number of piperidine rings is 1. The third kappa shape index (κ3) is 2.24. The Labute approximate surface area is 134 Å². The van der Waals surface area contributed by atoms with Gasteiger partial charge in [0.05, 0.1) is 16.8 Å². The molecular weight excluding hydrogens is 322 g/mol. The first-order valence-electron chi connectivity index (χ1n) is 6.88. The molecule has 1 aromatic carbocycles. The van der Waals surface area contributed by atoms with Crippen LogP contribution >= 0.6 is 0 Å². The molecule has 1 aromatic rings. The first-order valence-corrected chi connectivity index (χ1v) is 6.88. The van der Waals surface area contributed by atoms with Crippen molar-refractivity contribution in [2.75, 3.05) is 5.32 Å². The fraction of sp³-hybridized carbons (Fsp3) is 0.214. The molecule has 5 amide bonds. The lowest BCUT2D eigenvalue weighted by Gasteiger charge is -2.27. The van der Waals surface area contributed by atoms with Crippen molar-refractivity contribution in [1.29, 1.82) is 0 Å². The summed E-state index contributed by atoms with van der Waals surface area (Å²) >= 11 is 0.